The normalized spacial score (nSPS) is 34.7. The molecule has 0 aromatic heterocycles. The van der Waals surface area contributed by atoms with E-state index >= 15 is 0 Å². The lowest BCUT2D eigenvalue weighted by Gasteiger charge is -2.50. The maximum absolute atomic E-state index is 13.7. The monoisotopic (exact) mass is 465 g/mol. The van der Waals surface area contributed by atoms with Gasteiger partial charge < -0.3 is 15.5 Å². The van der Waals surface area contributed by atoms with Crippen LogP contribution >= 0.6 is 0 Å². The molecule has 2 aliphatic carbocycles. The number of piperazine rings is 1. The van der Waals surface area contributed by atoms with Crippen LogP contribution in [0.3, 0.4) is 0 Å². The molecule has 1 unspecified atom stereocenters. The number of hydrogen-bond acceptors (Lipinski definition) is 5. The van der Waals surface area contributed by atoms with Gasteiger partial charge in [0.25, 0.3) is 0 Å². The van der Waals surface area contributed by atoms with Crippen LogP contribution in [-0.4, -0.2) is 69.8 Å². The van der Waals surface area contributed by atoms with Crippen LogP contribution < -0.4 is 5.73 Å². The number of fused-ring (bicyclic) bond motifs is 3. The van der Waals surface area contributed by atoms with E-state index in [1.54, 1.807) is 4.90 Å². The van der Waals surface area contributed by atoms with E-state index in [1.165, 1.54) is 12.1 Å². The van der Waals surface area contributed by atoms with E-state index in [2.05, 4.69) is 15.9 Å². The molecule has 3 heterocycles. The second-order valence-electron chi connectivity index (χ2n) is 11.0. The molecule has 2 saturated carbocycles. The molecule has 6 atom stereocenters. The molecular formula is C26H32FN5O2. The molecule has 2 bridgehead atoms. The number of nitriles is 1. The highest BCUT2D eigenvalue weighted by Gasteiger charge is 2.58. The Kier molecular flexibility index (Phi) is 5.19. The molecule has 3 aliphatic heterocycles. The van der Waals surface area contributed by atoms with Crippen molar-refractivity contribution in [2.75, 3.05) is 13.1 Å². The summed E-state index contributed by atoms with van der Waals surface area (Å²) < 4.78 is 13.7. The van der Waals surface area contributed by atoms with E-state index in [0.29, 0.717) is 19.0 Å². The van der Waals surface area contributed by atoms with Crippen molar-refractivity contribution in [2.45, 2.75) is 87.1 Å². The Bertz CT molecular complexity index is 1030. The van der Waals surface area contributed by atoms with Gasteiger partial charge in [0.2, 0.25) is 11.8 Å². The number of likely N-dealkylation sites (tertiary alicyclic amines) is 3. The third-order valence-corrected chi connectivity index (χ3v) is 9.05. The van der Waals surface area contributed by atoms with Gasteiger partial charge in [0.05, 0.1) is 23.7 Å². The molecule has 2 N–H and O–H groups in total. The molecular weight excluding hydrogens is 433 g/mol. The van der Waals surface area contributed by atoms with Gasteiger partial charge in [-0.2, -0.15) is 5.26 Å². The summed E-state index contributed by atoms with van der Waals surface area (Å²) in [5.74, 6) is 0.152. The van der Waals surface area contributed by atoms with Crippen LogP contribution in [0.25, 0.3) is 0 Å². The van der Waals surface area contributed by atoms with Crippen molar-refractivity contribution in [3.05, 3.63) is 35.6 Å². The first-order chi connectivity index (χ1) is 16.4. The van der Waals surface area contributed by atoms with Crippen LogP contribution in [0.2, 0.25) is 0 Å². The van der Waals surface area contributed by atoms with Crippen molar-refractivity contribution >= 4 is 11.8 Å². The highest BCUT2D eigenvalue weighted by atomic mass is 19.1. The average Bonchev–Trinajstić information content (AvgIpc) is 3.17. The SMILES string of the molecule is N#C[C@@H]1C[C@@H]2CC2N1C(=O)[C@@H](N)CN1C[C@H]2C[C@@H]1C(=O)N2C1(c2ccc(F)cc2)CCCCC1. The molecule has 6 rings (SSSR count). The Balaban J connectivity index is 1.18. The Morgan fingerprint density at radius 3 is 2.59 bits per heavy atom. The zero-order valence-electron chi connectivity index (χ0n) is 19.4. The maximum atomic E-state index is 13.7. The average molecular weight is 466 g/mol. The lowest BCUT2D eigenvalue weighted by molar-refractivity contribution is -0.147. The number of halogens is 1. The largest absolute Gasteiger partial charge is 0.327 e. The van der Waals surface area contributed by atoms with Gasteiger partial charge in [0, 0.05) is 25.2 Å². The van der Waals surface area contributed by atoms with Gasteiger partial charge in [-0.05, 0) is 55.7 Å². The molecule has 1 aromatic carbocycles. The van der Waals surface area contributed by atoms with Crippen molar-refractivity contribution in [3.63, 3.8) is 0 Å². The molecule has 1 aromatic rings. The fourth-order valence-corrected chi connectivity index (χ4v) is 7.40. The summed E-state index contributed by atoms with van der Waals surface area (Å²) in [6, 6.07) is 7.85. The van der Waals surface area contributed by atoms with E-state index in [1.807, 2.05) is 12.1 Å². The number of benzene rings is 1. The Morgan fingerprint density at radius 2 is 1.91 bits per heavy atom. The molecule has 0 radical (unpaired) electrons. The van der Waals surface area contributed by atoms with Crippen molar-refractivity contribution < 1.29 is 14.0 Å². The second-order valence-corrected chi connectivity index (χ2v) is 11.0. The molecule has 5 aliphatic rings. The molecule has 8 heteroatoms. The lowest BCUT2D eigenvalue weighted by Crippen LogP contribution is -2.61. The molecule has 5 fully saturated rings. The number of piperidine rings is 1. The summed E-state index contributed by atoms with van der Waals surface area (Å²) in [6.45, 7) is 1.04. The minimum Gasteiger partial charge on any atom is -0.327 e. The van der Waals surface area contributed by atoms with Crippen LogP contribution in [0, 0.1) is 23.1 Å². The third-order valence-electron chi connectivity index (χ3n) is 9.05. The number of amides is 2. The molecule has 180 valence electrons. The molecule has 7 nitrogen and oxygen atoms in total. The fourth-order valence-electron chi connectivity index (χ4n) is 7.40. The maximum Gasteiger partial charge on any atom is 0.242 e. The topological polar surface area (TPSA) is 93.7 Å². The summed E-state index contributed by atoms with van der Waals surface area (Å²) in [4.78, 5) is 32.7. The van der Waals surface area contributed by atoms with E-state index in [9.17, 15) is 19.2 Å². The van der Waals surface area contributed by atoms with Gasteiger partial charge in [0.1, 0.15) is 11.9 Å². The summed E-state index contributed by atoms with van der Waals surface area (Å²) in [6.07, 6.45) is 7.55. The zero-order chi connectivity index (χ0) is 23.6. The molecule has 34 heavy (non-hydrogen) atoms. The molecule has 3 saturated heterocycles. The number of rotatable bonds is 5. The van der Waals surface area contributed by atoms with Crippen molar-refractivity contribution in [1.29, 1.82) is 5.26 Å². The number of nitrogens with two attached hydrogens (primary N) is 1. The van der Waals surface area contributed by atoms with Crippen LogP contribution in [-0.2, 0) is 15.1 Å². The predicted molar refractivity (Wildman–Crippen MR) is 123 cm³/mol. The van der Waals surface area contributed by atoms with E-state index in [4.69, 9.17) is 5.73 Å². The Morgan fingerprint density at radius 1 is 1.18 bits per heavy atom. The van der Waals surface area contributed by atoms with Gasteiger partial charge in [0.15, 0.2) is 0 Å². The van der Waals surface area contributed by atoms with E-state index in [-0.39, 0.29) is 47.3 Å². The highest BCUT2D eigenvalue weighted by molar-refractivity contribution is 5.87. The minimum absolute atomic E-state index is 0.0782. The second kappa shape index (κ2) is 8.03. The van der Waals surface area contributed by atoms with Gasteiger partial charge in [-0.15, -0.1) is 0 Å². The van der Waals surface area contributed by atoms with Crippen molar-refractivity contribution in [1.82, 2.24) is 14.7 Å². The summed E-state index contributed by atoms with van der Waals surface area (Å²) in [5.41, 5.74) is 7.02. The number of carbonyl (C=O) groups is 2. The Labute approximate surface area is 199 Å². The van der Waals surface area contributed by atoms with E-state index < -0.39 is 6.04 Å². The minimum atomic E-state index is -0.725. The van der Waals surface area contributed by atoms with Crippen LogP contribution in [0.1, 0.15) is 56.9 Å². The lowest BCUT2D eigenvalue weighted by atomic mass is 9.74. The summed E-state index contributed by atoms with van der Waals surface area (Å²) in [5, 5.41) is 9.43. The van der Waals surface area contributed by atoms with E-state index in [0.717, 1.165) is 56.9 Å². The molecule has 0 spiro atoms. The van der Waals surface area contributed by atoms with Crippen molar-refractivity contribution in [3.8, 4) is 6.07 Å². The zero-order valence-corrected chi connectivity index (χ0v) is 19.4. The van der Waals surface area contributed by atoms with Gasteiger partial charge in [-0.1, -0.05) is 31.4 Å². The van der Waals surface area contributed by atoms with Gasteiger partial charge in [-0.3, -0.25) is 14.5 Å². The first-order valence-corrected chi connectivity index (χ1v) is 12.7. The summed E-state index contributed by atoms with van der Waals surface area (Å²) >= 11 is 0. The molecule has 2 amide bonds. The Hall–Kier alpha value is -2.50. The standard InChI is InChI=1S/C26H32FN5O2/c27-18-6-4-17(5-7-18)26(8-2-1-3-9-26)32-20-12-23(25(32)34)30(14-20)15-21(29)24(33)31-19(13-28)10-16-11-22(16)31/h4-7,16,19-23H,1-3,8-12,14-15,29H2/t16-,19+,20-,21+,22?,23-/m1/s1. The number of carbonyl (C=O) groups excluding carboxylic acids is 2. The third kappa shape index (κ3) is 3.28. The van der Waals surface area contributed by atoms with Crippen LogP contribution in [0.15, 0.2) is 24.3 Å². The predicted octanol–water partition coefficient (Wildman–Crippen LogP) is 2.11. The smallest absolute Gasteiger partial charge is 0.242 e. The van der Waals surface area contributed by atoms with Gasteiger partial charge in [-0.25, -0.2) is 4.39 Å². The number of hydrogen-bond donors (Lipinski definition) is 1. The quantitative estimate of drug-likeness (QED) is 0.719. The fraction of sp³-hybridized carbons (Fsp3) is 0.654. The number of nitrogens with zero attached hydrogens (tertiary/aromatic N) is 4. The van der Waals surface area contributed by atoms with Crippen LogP contribution in [0.5, 0.6) is 0 Å². The van der Waals surface area contributed by atoms with Gasteiger partial charge >= 0.3 is 0 Å². The van der Waals surface area contributed by atoms with Crippen LogP contribution in [0.4, 0.5) is 4.39 Å². The highest BCUT2D eigenvalue weighted by Crippen LogP contribution is 2.49. The van der Waals surface area contributed by atoms with Crippen molar-refractivity contribution in [2.24, 2.45) is 11.7 Å². The first-order valence-electron chi connectivity index (χ1n) is 12.7. The summed E-state index contributed by atoms with van der Waals surface area (Å²) in [7, 11) is 0. The first kappa shape index (κ1) is 22.0.